The molecule has 0 saturated heterocycles. The van der Waals surface area contributed by atoms with Crippen molar-refractivity contribution < 1.29 is 8.78 Å². The number of rotatable bonds is 1. The van der Waals surface area contributed by atoms with E-state index in [1.54, 1.807) is 0 Å². The minimum Gasteiger partial charge on any atom is -0.398 e. The van der Waals surface area contributed by atoms with Crippen molar-refractivity contribution in [3.05, 3.63) is 28.8 Å². The van der Waals surface area contributed by atoms with Crippen molar-refractivity contribution in [1.29, 1.82) is 0 Å². The Morgan fingerprint density at radius 1 is 1.36 bits per heavy atom. The lowest BCUT2D eigenvalue weighted by Crippen LogP contribution is -1.93. The third-order valence-corrected chi connectivity index (χ3v) is 1.52. The van der Waals surface area contributed by atoms with Crippen molar-refractivity contribution in [2.45, 2.75) is 6.43 Å². The highest BCUT2D eigenvalue weighted by molar-refractivity contribution is 6.30. The monoisotopic (exact) mass is 177 g/mol. The summed E-state index contributed by atoms with van der Waals surface area (Å²) in [5, 5.41) is 0.273. The molecule has 1 aromatic carbocycles. The van der Waals surface area contributed by atoms with E-state index in [1.165, 1.54) is 18.2 Å². The molecule has 1 rings (SSSR count). The molecule has 11 heavy (non-hydrogen) atoms. The molecule has 0 amide bonds. The Balaban J connectivity index is 3.13. The molecule has 0 unspecified atom stereocenters. The predicted molar refractivity (Wildman–Crippen MR) is 40.8 cm³/mol. The lowest BCUT2D eigenvalue weighted by molar-refractivity contribution is 0.152. The molecule has 0 heterocycles. The van der Waals surface area contributed by atoms with E-state index in [9.17, 15) is 8.78 Å². The van der Waals surface area contributed by atoms with E-state index in [4.69, 9.17) is 17.3 Å². The van der Waals surface area contributed by atoms with Gasteiger partial charge in [0.05, 0.1) is 0 Å². The minimum atomic E-state index is -2.56. The zero-order valence-electron chi connectivity index (χ0n) is 5.52. The summed E-state index contributed by atoms with van der Waals surface area (Å²) < 4.78 is 24.1. The van der Waals surface area contributed by atoms with Gasteiger partial charge in [-0.2, -0.15) is 0 Å². The van der Waals surface area contributed by atoms with Crippen molar-refractivity contribution in [2.24, 2.45) is 0 Å². The Bertz CT molecular complexity index is 263. The van der Waals surface area contributed by atoms with Crippen LogP contribution in [0.2, 0.25) is 5.02 Å². The minimum absolute atomic E-state index is 0.0735. The fourth-order valence-corrected chi connectivity index (χ4v) is 0.915. The van der Waals surface area contributed by atoms with Gasteiger partial charge in [0.25, 0.3) is 6.43 Å². The molecule has 0 atom stereocenters. The van der Waals surface area contributed by atoms with Crippen molar-refractivity contribution in [2.75, 3.05) is 5.73 Å². The molecule has 0 bridgehead atoms. The molecule has 0 aliphatic carbocycles. The van der Waals surface area contributed by atoms with E-state index in [2.05, 4.69) is 0 Å². The molecule has 0 radical (unpaired) electrons. The van der Waals surface area contributed by atoms with Crippen LogP contribution in [0.15, 0.2) is 18.2 Å². The first kappa shape index (κ1) is 8.27. The molecule has 1 nitrogen and oxygen atoms in total. The predicted octanol–water partition coefficient (Wildman–Crippen LogP) is 2.86. The Kier molecular flexibility index (Phi) is 2.29. The third kappa shape index (κ3) is 1.80. The molecule has 60 valence electrons. The topological polar surface area (TPSA) is 26.0 Å². The number of nitrogen functional groups attached to an aromatic ring is 1. The van der Waals surface area contributed by atoms with Crippen LogP contribution in [0.5, 0.6) is 0 Å². The molecule has 0 aromatic heterocycles. The average Bonchev–Trinajstić information content (AvgIpc) is 1.94. The third-order valence-electron chi connectivity index (χ3n) is 1.28. The van der Waals surface area contributed by atoms with Crippen LogP contribution in [0.3, 0.4) is 0 Å². The summed E-state index contributed by atoms with van der Waals surface area (Å²) in [5.41, 5.74) is 5.11. The van der Waals surface area contributed by atoms with Gasteiger partial charge in [-0.15, -0.1) is 0 Å². The molecule has 2 N–H and O–H groups in total. The number of halogens is 3. The summed E-state index contributed by atoms with van der Waals surface area (Å²) in [6, 6.07) is 4.01. The van der Waals surface area contributed by atoms with Gasteiger partial charge in [0.15, 0.2) is 0 Å². The van der Waals surface area contributed by atoms with Crippen molar-refractivity contribution in [1.82, 2.24) is 0 Å². The van der Waals surface area contributed by atoms with Gasteiger partial charge in [-0.1, -0.05) is 11.6 Å². The number of hydrogen-bond acceptors (Lipinski definition) is 1. The molecule has 0 fully saturated rings. The number of hydrogen-bond donors (Lipinski definition) is 1. The van der Waals surface area contributed by atoms with E-state index >= 15 is 0 Å². The summed E-state index contributed by atoms with van der Waals surface area (Å²) in [6.07, 6.45) is -2.56. The summed E-state index contributed by atoms with van der Waals surface area (Å²) in [5.74, 6) is 0. The lowest BCUT2D eigenvalue weighted by atomic mass is 10.2. The molecule has 4 heteroatoms. The van der Waals surface area contributed by atoms with Crippen LogP contribution in [0, 0.1) is 0 Å². The number of benzene rings is 1. The number of nitrogens with two attached hydrogens (primary N) is 1. The molecule has 0 aliphatic rings. The summed E-state index contributed by atoms with van der Waals surface area (Å²) in [7, 11) is 0. The SMILES string of the molecule is Nc1ccc(Cl)cc1C(F)F. The average molecular weight is 178 g/mol. The van der Waals surface area contributed by atoms with Gasteiger partial charge in [-0.05, 0) is 18.2 Å². The van der Waals surface area contributed by atoms with E-state index in [1.807, 2.05) is 0 Å². The van der Waals surface area contributed by atoms with Gasteiger partial charge in [0, 0.05) is 16.3 Å². The highest BCUT2D eigenvalue weighted by Gasteiger charge is 2.10. The Morgan fingerprint density at radius 3 is 2.45 bits per heavy atom. The molecule has 0 saturated carbocycles. The largest absolute Gasteiger partial charge is 0.398 e. The second-order valence-corrected chi connectivity index (χ2v) is 2.51. The molecular weight excluding hydrogens is 172 g/mol. The van der Waals surface area contributed by atoms with Crippen LogP contribution < -0.4 is 5.73 Å². The normalized spacial score (nSPS) is 10.5. The molecule has 0 aliphatic heterocycles. The van der Waals surface area contributed by atoms with Gasteiger partial charge in [-0.3, -0.25) is 0 Å². The maximum absolute atomic E-state index is 12.1. The maximum Gasteiger partial charge on any atom is 0.265 e. The first-order chi connectivity index (χ1) is 5.11. The standard InChI is InChI=1S/C7H6ClF2N/c8-4-1-2-6(11)5(3-4)7(9)10/h1-3,7H,11H2. The van der Waals surface area contributed by atoms with Crippen LogP contribution in [-0.2, 0) is 0 Å². The fraction of sp³-hybridized carbons (Fsp3) is 0.143. The van der Waals surface area contributed by atoms with Crippen LogP contribution >= 0.6 is 11.6 Å². The van der Waals surface area contributed by atoms with Crippen LogP contribution in [0.1, 0.15) is 12.0 Å². The second kappa shape index (κ2) is 3.05. The summed E-state index contributed by atoms with van der Waals surface area (Å²) >= 11 is 5.47. The highest BCUT2D eigenvalue weighted by atomic mass is 35.5. The maximum atomic E-state index is 12.1. The molecule has 1 aromatic rings. The van der Waals surface area contributed by atoms with Crippen molar-refractivity contribution in [3.63, 3.8) is 0 Å². The molecule has 0 spiro atoms. The summed E-state index contributed by atoms with van der Waals surface area (Å²) in [4.78, 5) is 0. The fourth-order valence-electron chi connectivity index (χ4n) is 0.735. The van der Waals surface area contributed by atoms with Crippen molar-refractivity contribution >= 4 is 17.3 Å². The van der Waals surface area contributed by atoms with Gasteiger partial charge >= 0.3 is 0 Å². The quantitative estimate of drug-likeness (QED) is 0.656. The van der Waals surface area contributed by atoms with E-state index in [0.717, 1.165) is 0 Å². The van der Waals surface area contributed by atoms with Gasteiger partial charge in [-0.25, -0.2) is 8.78 Å². The Hall–Kier alpha value is -0.830. The summed E-state index contributed by atoms with van der Waals surface area (Å²) in [6.45, 7) is 0. The highest BCUT2D eigenvalue weighted by Crippen LogP contribution is 2.27. The first-order valence-electron chi connectivity index (χ1n) is 2.94. The lowest BCUT2D eigenvalue weighted by Gasteiger charge is -2.03. The van der Waals surface area contributed by atoms with E-state index in [-0.39, 0.29) is 16.3 Å². The van der Waals surface area contributed by atoms with E-state index in [0.29, 0.717) is 0 Å². The van der Waals surface area contributed by atoms with Crippen LogP contribution in [0.4, 0.5) is 14.5 Å². The Morgan fingerprint density at radius 2 is 2.00 bits per heavy atom. The van der Waals surface area contributed by atoms with Gasteiger partial charge in [0.1, 0.15) is 0 Å². The van der Waals surface area contributed by atoms with Crippen LogP contribution in [-0.4, -0.2) is 0 Å². The van der Waals surface area contributed by atoms with Crippen molar-refractivity contribution in [3.8, 4) is 0 Å². The van der Waals surface area contributed by atoms with Crippen LogP contribution in [0.25, 0.3) is 0 Å². The van der Waals surface area contributed by atoms with Gasteiger partial charge in [0.2, 0.25) is 0 Å². The molecular formula is C7H6ClF2N. The smallest absolute Gasteiger partial charge is 0.265 e. The zero-order valence-corrected chi connectivity index (χ0v) is 6.28. The number of anilines is 1. The Labute approximate surface area is 67.8 Å². The van der Waals surface area contributed by atoms with E-state index < -0.39 is 6.43 Å². The number of alkyl halides is 2. The second-order valence-electron chi connectivity index (χ2n) is 2.07. The first-order valence-corrected chi connectivity index (χ1v) is 3.32. The zero-order chi connectivity index (χ0) is 8.43. The van der Waals surface area contributed by atoms with Gasteiger partial charge < -0.3 is 5.73 Å².